The molecule has 1 amide bonds. The lowest BCUT2D eigenvalue weighted by atomic mass is 9.93. The predicted molar refractivity (Wildman–Crippen MR) is 168 cm³/mol. The van der Waals surface area contributed by atoms with Crippen LogP contribution in [0.25, 0.3) is 10.8 Å². The van der Waals surface area contributed by atoms with E-state index in [1.165, 1.54) is 32.1 Å². The highest BCUT2D eigenvalue weighted by atomic mass is 79.9. The van der Waals surface area contributed by atoms with E-state index in [1.807, 2.05) is 49.4 Å². The van der Waals surface area contributed by atoms with Gasteiger partial charge in [0, 0.05) is 29.2 Å². The van der Waals surface area contributed by atoms with E-state index in [2.05, 4.69) is 33.1 Å². The van der Waals surface area contributed by atoms with Gasteiger partial charge in [-0.25, -0.2) is 0 Å². The van der Waals surface area contributed by atoms with Gasteiger partial charge in [0.2, 0.25) is 0 Å². The molecule has 0 radical (unpaired) electrons. The Labute approximate surface area is 251 Å². The van der Waals surface area contributed by atoms with Gasteiger partial charge in [0.1, 0.15) is 5.75 Å². The molecule has 1 saturated carbocycles. The molecule has 4 rings (SSSR count). The van der Waals surface area contributed by atoms with Crippen molar-refractivity contribution in [2.75, 3.05) is 32.5 Å². The zero-order chi connectivity index (χ0) is 29.4. The third kappa shape index (κ3) is 8.01. The van der Waals surface area contributed by atoms with Gasteiger partial charge >= 0.3 is 5.97 Å². The molecule has 220 valence electrons. The van der Waals surface area contributed by atoms with Gasteiger partial charge in [-0.15, -0.1) is 0 Å². The van der Waals surface area contributed by atoms with Crippen molar-refractivity contribution in [1.82, 2.24) is 10.2 Å². The van der Waals surface area contributed by atoms with Gasteiger partial charge in [0.15, 0.2) is 0 Å². The summed E-state index contributed by atoms with van der Waals surface area (Å²) in [6.07, 6.45) is 6.83. The number of hydrogen-bond donors (Lipinski definition) is 2. The molecular weight excluding hydrogens is 582 g/mol. The Balaban J connectivity index is 1.26. The summed E-state index contributed by atoms with van der Waals surface area (Å²) >= 11 is 3.55. The second kappa shape index (κ2) is 14.7. The maximum absolute atomic E-state index is 13.0. The van der Waals surface area contributed by atoms with E-state index >= 15 is 0 Å². The number of carbonyl (C=O) groups is 2. The lowest BCUT2D eigenvalue weighted by Gasteiger charge is -2.34. The number of amides is 1. The van der Waals surface area contributed by atoms with E-state index in [9.17, 15) is 9.59 Å². The quantitative estimate of drug-likeness (QED) is 0.131. The molecule has 0 saturated heterocycles. The fourth-order valence-corrected chi connectivity index (χ4v) is 6.05. The SMILES string of the molecule is CCN(Cc1cc(C(=O)NCCCOC(=O)C(C)c2ccc3cc(OC)ccc3c2)cc(Br)c1N)C1CCCCC1. The third-order valence-electron chi connectivity index (χ3n) is 8.12. The molecule has 3 aromatic carbocycles. The van der Waals surface area contributed by atoms with Crippen molar-refractivity contribution in [3.05, 3.63) is 69.7 Å². The highest BCUT2D eigenvalue weighted by molar-refractivity contribution is 9.10. The first-order valence-corrected chi connectivity index (χ1v) is 15.4. The smallest absolute Gasteiger partial charge is 0.313 e. The highest BCUT2D eigenvalue weighted by Gasteiger charge is 2.22. The number of hydrogen-bond acceptors (Lipinski definition) is 6. The molecule has 1 unspecified atom stereocenters. The van der Waals surface area contributed by atoms with Crippen LogP contribution in [0.5, 0.6) is 5.75 Å². The summed E-state index contributed by atoms with van der Waals surface area (Å²) in [6, 6.07) is 16.1. The van der Waals surface area contributed by atoms with Gasteiger partial charge in [0.05, 0.1) is 25.3 Å². The number of anilines is 1. The van der Waals surface area contributed by atoms with Gasteiger partial charge in [-0.3, -0.25) is 14.5 Å². The van der Waals surface area contributed by atoms with Crippen LogP contribution >= 0.6 is 15.9 Å². The summed E-state index contributed by atoms with van der Waals surface area (Å²) in [6.45, 7) is 6.34. The van der Waals surface area contributed by atoms with Gasteiger partial charge in [-0.05, 0) is 94.8 Å². The molecule has 8 heteroatoms. The van der Waals surface area contributed by atoms with E-state index < -0.39 is 5.92 Å². The number of fused-ring (bicyclic) bond motifs is 1. The molecule has 0 aliphatic heterocycles. The molecular formula is C33H42BrN3O4. The second-order valence-electron chi connectivity index (χ2n) is 10.9. The molecule has 7 nitrogen and oxygen atoms in total. The van der Waals surface area contributed by atoms with Crippen LogP contribution in [0.4, 0.5) is 5.69 Å². The predicted octanol–water partition coefficient (Wildman–Crippen LogP) is 6.81. The van der Waals surface area contributed by atoms with Crippen molar-refractivity contribution in [3.8, 4) is 5.75 Å². The molecule has 41 heavy (non-hydrogen) atoms. The Hall–Kier alpha value is -3.10. The largest absolute Gasteiger partial charge is 0.497 e. The first-order valence-electron chi connectivity index (χ1n) is 14.6. The van der Waals surface area contributed by atoms with Gasteiger partial charge in [0.25, 0.3) is 5.91 Å². The number of nitrogens with one attached hydrogen (secondary N) is 1. The van der Waals surface area contributed by atoms with Crippen LogP contribution < -0.4 is 15.8 Å². The maximum atomic E-state index is 13.0. The number of nitrogens with zero attached hydrogens (tertiary/aromatic N) is 1. The summed E-state index contributed by atoms with van der Waals surface area (Å²) in [5.41, 5.74) is 9.52. The molecule has 0 bridgehead atoms. The average Bonchev–Trinajstić information content (AvgIpc) is 3.00. The first-order chi connectivity index (χ1) is 19.8. The fourth-order valence-electron chi connectivity index (χ4n) is 5.55. The van der Waals surface area contributed by atoms with Crippen LogP contribution in [0.15, 0.2) is 53.0 Å². The Bertz CT molecular complexity index is 1360. The molecule has 3 N–H and O–H groups in total. The number of methoxy groups -OCH3 is 1. The standard InChI is InChI=1S/C33H42BrN3O4/c1-4-37(28-9-6-5-7-10-28)21-27-18-26(20-30(34)31(27)35)32(38)36-15-8-16-41-33(39)22(2)23-11-12-25-19-29(40-3)14-13-24(25)17-23/h11-14,17-20,22,28H,4-10,15-16,21,35H2,1-3H3,(H,36,38). The minimum absolute atomic E-state index is 0.167. The molecule has 0 spiro atoms. The third-order valence-corrected chi connectivity index (χ3v) is 8.78. The number of carbonyl (C=O) groups excluding carboxylic acids is 2. The van der Waals surface area contributed by atoms with E-state index in [1.54, 1.807) is 13.2 Å². The molecule has 1 aliphatic carbocycles. The lowest BCUT2D eigenvalue weighted by molar-refractivity contribution is -0.145. The van der Waals surface area contributed by atoms with E-state index in [-0.39, 0.29) is 18.5 Å². The van der Waals surface area contributed by atoms with Crippen LogP contribution in [0.1, 0.15) is 79.8 Å². The summed E-state index contributed by atoms with van der Waals surface area (Å²) in [4.78, 5) is 28.1. The number of nitrogen functional groups attached to an aromatic ring is 1. The van der Waals surface area contributed by atoms with Crippen LogP contribution in [-0.2, 0) is 16.1 Å². The number of esters is 1. The highest BCUT2D eigenvalue weighted by Crippen LogP contribution is 2.30. The van der Waals surface area contributed by atoms with Crippen LogP contribution in [0.3, 0.4) is 0 Å². The summed E-state index contributed by atoms with van der Waals surface area (Å²) in [5.74, 6) is -0.0418. The van der Waals surface area contributed by atoms with E-state index in [0.29, 0.717) is 30.3 Å². The number of ether oxygens (including phenoxy) is 2. The molecule has 1 aliphatic rings. The summed E-state index contributed by atoms with van der Waals surface area (Å²) in [5, 5.41) is 5.05. The van der Waals surface area contributed by atoms with Crippen molar-refractivity contribution in [2.24, 2.45) is 0 Å². The summed E-state index contributed by atoms with van der Waals surface area (Å²) in [7, 11) is 1.64. The minimum Gasteiger partial charge on any atom is -0.497 e. The monoisotopic (exact) mass is 623 g/mol. The number of halogens is 1. The van der Waals surface area contributed by atoms with Crippen molar-refractivity contribution < 1.29 is 19.1 Å². The second-order valence-corrected chi connectivity index (χ2v) is 11.7. The van der Waals surface area contributed by atoms with Gasteiger partial charge < -0.3 is 20.5 Å². The van der Waals surface area contributed by atoms with Crippen molar-refractivity contribution in [2.45, 2.75) is 70.9 Å². The maximum Gasteiger partial charge on any atom is 0.313 e. The number of benzene rings is 3. The average molecular weight is 625 g/mol. The Morgan fingerprint density at radius 3 is 2.54 bits per heavy atom. The zero-order valence-electron chi connectivity index (χ0n) is 24.4. The van der Waals surface area contributed by atoms with Crippen molar-refractivity contribution >= 4 is 44.3 Å². The minimum atomic E-state index is -0.391. The first kappa shape index (κ1) is 30.8. The Morgan fingerprint density at radius 1 is 1.07 bits per heavy atom. The van der Waals surface area contributed by atoms with Crippen LogP contribution in [0.2, 0.25) is 0 Å². The summed E-state index contributed by atoms with van der Waals surface area (Å²) < 4.78 is 11.5. The van der Waals surface area contributed by atoms with E-state index in [4.69, 9.17) is 15.2 Å². The normalized spacial score (nSPS) is 14.7. The topological polar surface area (TPSA) is 93.9 Å². The number of nitrogens with two attached hydrogens (primary N) is 1. The van der Waals surface area contributed by atoms with Gasteiger partial charge in [-0.1, -0.05) is 50.5 Å². The van der Waals surface area contributed by atoms with Crippen molar-refractivity contribution in [1.29, 1.82) is 0 Å². The van der Waals surface area contributed by atoms with Crippen molar-refractivity contribution in [3.63, 3.8) is 0 Å². The lowest BCUT2D eigenvalue weighted by Crippen LogP contribution is -2.36. The zero-order valence-corrected chi connectivity index (χ0v) is 26.0. The van der Waals surface area contributed by atoms with Crippen LogP contribution in [0, 0.1) is 0 Å². The molecule has 3 aromatic rings. The number of rotatable bonds is 12. The fraction of sp³-hybridized carbons (Fsp3) is 0.455. The molecule has 0 aromatic heterocycles. The van der Waals surface area contributed by atoms with Gasteiger partial charge in [-0.2, -0.15) is 0 Å². The van der Waals surface area contributed by atoms with Crippen LogP contribution in [-0.4, -0.2) is 49.6 Å². The van der Waals surface area contributed by atoms with E-state index in [0.717, 1.165) is 45.2 Å². The Kier molecular flexibility index (Phi) is 11.1. The Morgan fingerprint density at radius 2 is 1.80 bits per heavy atom. The molecule has 0 heterocycles. The molecule has 1 atom stereocenters. The molecule has 1 fully saturated rings.